The first-order valence-electron chi connectivity index (χ1n) is 8.48. The Morgan fingerprint density at radius 3 is 2.46 bits per heavy atom. The van der Waals surface area contributed by atoms with Crippen molar-refractivity contribution >= 4 is 17.6 Å². The molecule has 1 saturated heterocycles. The van der Waals surface area contributed by atoms with Crippen molar-refractivity contribution in [3.8, 4) is 0 Å². The quantitative estimate of drug-likeness (QED) is 0.841. The zero-order chi connectivity index (χ0) is 17.7. The van der Waals surface area contributed by atoms with E-state index in [0.717, 1.165) is 12.0 Å². The number of hydrogen-bond donors (Lipinski definition) is 1. The molecule has 2 amide bonds. The van der Waals surface area contributed by atoms with E-state index in [9.17, 15) is 14.4 Å². The van der Waals surface area contributed by atoms with Gasteiger partial charge in [0, 0.05) is 18.5 Å². The van der Waals surface area contributed by atoms with Crippen molar-refractivity contribution in [2.75, 3.05) is 6.54 Å². The van der Waals surface area contributed by atoms with Crippen LogP contribution < -0.4 is 5.32 Å². The van der Waals surface area contributed by atoms with Crippen molar-refractivity contribution in [2.24, 2.45) is 0 Å². The molecule has 130 valence electrons. The van der Waals surface area contributed by atoms with Gasteiger partial charge in [-0.05, 0) is 45.6 Å². The molecule has 1 heterocycles. The normalized spacial score (nSPS) is 17.6. The van der Waals surface area contributed by atoms with E-state index in [1.807, 2.05) is 51.1 Å². The summed E-state index contributed by atoms with van der Waals surface area (Å²) in [5.74, 6) is -1.13. The second-order valence-electron chi connectivity index (χ2n) is 7.30. The summed E-state index contributed by atoms with van der Waals surface area (Å²) in [5.41, 5.74) is 0.674. The number of nitrogens with zero attached hydrogens (tertiary/aromatic N) is 1. The van der Waals surface area contributed by atoms with Gasteiger partial charge in [0.2, 0.25) is 11.7 Å². The lowest BCUT2D eigenvalue weighted by Gasteiger charge is -2.28. The number of carbonyl (C=O) groups is 3. The second-order valence-corrected chi connectivity index (χ2v) is 7.30. The molecule has 1 atom stereocenters. The number of likely N-dealkylation sites (tertiary alicyclic amines) is 1. The summed E-state index contributed by atoms with van der Waals surface area (Å²) in [6.07, 6.45) is 2.07. The van der Waals surface area contributed by atoms with Crippen molar-refractivity contribution < 1.29 is 14.4 Å². The molecular formula is C19H26N2O3. The molecular weight excluding hydrogens is 304 g/mol. The number of Topliss-reactive ketones (excluding diaryl/α,β-unsaturated/α-hetero) is 1. The van der Waals surface area contributed by atoms with Gasteiger partial charge >= 0.3 is 0 Å². The summed E-state index contributed by atoms with van der Waals surface area (Å²) in [5, 5.41) is 2.90. The Bertz CT molecular complexity index is 605. The van der Waals surface area contributed by atoms with E-state index >= 15 is 0 Å². The largest absolute Gasteiger partial charge is 0.350 e. The van der Waals surface area contributed by atoms with Gasteiger partial charge in [0.25, 0.3) is 5.91 Å². The Morgan fingerprint density at radius 1 is 1.17 bits per heavy atom. The lowest BCUT2D eigenvalue weighted by Crippen LogP contribution is -2.52. The third kappa shape index (κ3) is 4.91. The minimum atomic E-state index is -0.530. The molecule has 0 aromatic heterocycles. The van der Waals surface area contributed by atoms with Crippen molar-refractivity contribution in [3.05, 3.63) is 35.9 Å². The summed E-state index contributed by atoms with van der Waals surface area (Å²) < 4.78 is 0. The molecule has 0 radical (unpaired) electrons. The molecule has 1 fully saturated rings. The van der Waals surface area contributed by atoms with Crippen molar-refractivity contribution in [2.45, 2.75) is 58.0 Å². The van der Waals surface area contributed by atoms with E-state index in [4.69, 9.17) is 0 Å². The number of aryl methyl sites for hydroxylation is 1. The topological polar surface area (TPSA) is 66.5 Å². The molecule has 0 aliphatic carbocycles. The van der Waals surface area contributed by atoms with Gasteiger partial charge in [-0.25, -0.2) is 0 Å². The Kier molecular flexibility index (Phi) is 5.75. The maximum Gasteiger partial charge on any atom is 0.290 e. The first kappa shape index (κ1) is 18.2. The van der Waals surface area contributed by atoms with E-state index in [2.05, 4.69) is 5.32 Å². The summed E-state index contributed by atoms with van der Waals surface area (Å²) in [7, 11) is 0. The van der Waals surface area contributed by atoms with Gasteiger partial charge in [-0.2, -0.15) is 0 Å². The summed E-state index contributed by atoms with van der Waals surface area (Å²) in [6, 6.07) is 9.08. The Labute approximate surface area is 143 Å². The van der Waals surface area contributed by atoms with Crippen LogP contribution in [0, 0.1) is 0 Å². The summed E-state index contributed by atoms with van der Waals surface area (Å²) in [6.45, 7) is 6.17. The van der Waals surface area contributed by atoms with Gasteiger partial charge < -0.3 is 10.2 Å². The number of ketones is 1. The zero-order valence-corrected chi connectivity index (χ0v) is 14.7. The zero-order valence-electron chi connectivity index (χ0n) is 14.7. The highest BCUT2D eigenvalue weighted by atomic mass is 16.2. The minimum Gasteiger partial charge on any atom is -0.350 e. The van der Waals surface area contributed by atoms with Crippen LogP contribution >= 0.6 is 0 Å². The molecule has 1 aromatic carbocycles. The van der Waals surface area contributed by atoms with Crippen LogP contribution in [0.2, 0.25) is 0 Å². The Balaban J connectivity index is 1.94. The van der Waals surface area contributed by atoms with Gasteiger partial charge in [-0.1, -0.05) is 30.3 Å². The third-order valence-electron chi connectivity index (χ3n) is 4.04. The van der Waals surface area contributed by atoms with Crippen LogP contribution in [0.15, 0.2) is 30.3 Å². The number of hydrogen-bond acceptors (Lipinski definition) is 3. The molecule has 0 spiro atoms. The maximum absolute atomic E-state index is 12.4. The monoisotopic (exact) mass is 330 g/mol. The molecule has 0 bridgehead atoms. The van der Waals surface area contributed by atoms with Crippen LogP contribution in [0.1, 0.15) is 45.6 Å². The Morgan fingerprint density at radius 2 is 1.83 bits per heavy atom. The standard InChI is InChI=1S/C19H26N2O3/c1-19(2,3)20-17(23)15-10-7-13-21(15)18(24)16(22)12-11-14-8-5-4-6-9-14/h4-6,8-9,15H,7,10-13H2,1-3H3,(H,20,23). The average Bonchev–Trinajstić information content (AvgIpc) is 3.01. The van der Waals surface area contributed by atoms with Crippen LogP contribution in [0.3, 0.4) is 0 Å². The molecule has 0 saturated carbocycles. The molecule has 1 N–H and O–H groups in total. The van der Waals surface area contributed by atoms with Gasteiger partial charge in [-0.3, -0.25) is 14.4 Å². The van der Waals surface area contributed by atoms with E-state index in [0.29, 0.717) is 19.4 Å². The van der Waals surface area contributed by atoms with Crippen LogP contribution in [-0.2, 0) is 20.8 Å². The number of rotatable bonds is 5. The predicted molar refractivity (Wildman–Crippen MR) is 92.4 cm³/mol. The van der Waals surface area contributed by atoms with Gasteiger partial charge in [0.1, 0.15) is 6.04 Å². The highest BCUT2D eigenvalue weighted by Crippen LogP contribution is 2.19. The van der Waals surface area contributed by atoms with E-state index in [1.165, 1.54) is 4.90 Å². The first-order chi connectivity index (χ1) is 11.3. The molecule has 24 heavy (non-hydrogen) atoms. The molecule has 1 unspecified atom stereocenters. The van der Waals surface area contributed by atoms with Crippen LogP contribution in [0.25, 0.3) is 0 Å². The van der Waals surface area contributed by atoms with Crippen molar-refractivity contribution in [1.82, 2.24) is 10.2 Å². The average molecular weight is 330 g/mol. The van der Waals surface area contributed by atoms with Gasteiger partial charge in [0.05, 0.1) is 0 Å². The van der Waals surface area contributed by atoms with Gasteiger partial charge in [-0.15, -0.1) is 0 Å². The second kappa shape index (κ2) is 7.60. The van der Waals surface area contributed by atoms with Crippen LogP contribution in [0.5, 0.6) is 0 Å². The fourth-order valence-electron chi connectivity index (χ4n) is 2.90. The highest BCUT2D eigenvalue weighted by Gasteiger charge is 2.37. The number of nitrogens with one attached hydrogen (secondary N) is 1. The first-order valence-corrected chi connectivity index (χ1v) is 8.48. The van der Waals surface area contributed by atoms with E-state index in [-0.39, 0.29) is 17.9 Å². The molecule has 1 aliphatic heterocycles. The third-order valence-corrected chi connectivity index (χ3v) is 4.04. The maximum atomic E-state index is 12.4. The number of amides is 2. The van der Waals surface area contributed by atoms with Crippen molar-refractivity contribution in [3.63, 3.8) is 0 Å². The van der Waals surface area contributed by atoms with Crippen LogP contribution in [-0.4, -0.2) is 40.6 Å². The fraction of sp³-hybridized carbons (Fsp3) is 0.526. The lowest BCUT2D eigenvalue weighted by molar-refractivity contribution is -0.147. The molecule has 5 heteroatoms. The van der Waals surface area contributed by atoms with Crippen molar-refractivity contribution in [1.29, 1.82) is 0 Å². The Hall–Kier alpha value is -2.17. The fourth-order valence-corrected chi connectivity index (χ4v) is 2.90. The number of benzene rings is 1. The highest BCUT2D eigenvalue weighted by molar-refractivity contribution is 6.36. The minimum absolute atomic E-state index is 0.174. The van der Waals surface area contributed by atoms with E-state index < -0.39 is 17.7 Å². The van der Waals surface area contributed by atoms with Crippen LogP contribution in [0.4, 0.5) is 0 Å². The van der Waals surface area contributed by atoms with Gasteiger partial charge in [0.15, 0.2) is 0 Å². The summed E-state index contributed by atoms with van der Waals surface area (Å²) >= 11 is 0. The number of carbonyl (C=O) groups excluding carboxylic acids is 3. The SMILES string of the molecule is CC(C)(C)NC(=O)C1CCCN1C(=O)C(=O)CCc1ccccc1. The van der Waals surface area contributed by atoms with E-state index in [1.54, 1.807) is 0 Å². The smallest absolute Gasteiger partial charge is 0.290 e. The molecule has 2 rings (SSSR count). The predicted octanol–water partition coefficient (Wildman–Crippen LogP) is 2.09. The molecule has 1 aromatic rings. The lowest BCUT2D eigenvalue weighted by atomic mass is 10.1. The molecule has 5 nitrogen and oxygen atoms in total. The molecule has 1 aliphatic rings. The summed E-state index contributed by atoms with van der Waals surface area (Å²) in [4.78, 5) is 38.5.